The number of benzene rings is 1. The van der Waals surface area contributed by atoms with Crippen LogP contribution in [-0.2, 0) is 17.6 Å². The summed E-state index contributed by atoms with van der Waals surface area (Å²) in [5.41, 5.74) is 3.75. The highest BCUT2D eigenvalue weighted by atomic mass is 33.1. The molecule has 0 saturated carbocycles. The van der Waals surface area contributed by atoms with Crippen LogP contribution in [0.3, 0.4) is 0 Å². The summed E-state index contributed by atoms with van der Waals surface area (Å²) in [7, 11) is 3.09. The van der Waals surface area contributed by atoms with E-state index >= 15 is 0 Å². The summed E-state index contributed by atoms with van der Waals surface area (Å²) in [5, 5.41) is 16.2. The van der Waals surface area contributed by atoms with E-state index in [1.54, 1.807) is 10.8 Å². The molecule has 6 nitrogen and oxygen atoms in total. The number of carboxylic acid groups (broad SMARTS) is 1. The number of nitrogens with one attached hydrogen (secondary N) is 1. The van der Waals surface area contributed by atoms with Crippen LogP contribution in [0.2, 0.25) is 0 Å². The van der Waals surface area contributed by atoms with Gasteiger partial charge in [0.25, 0.3) is 5.91 Å². The SMILES string of the molecule is O=C(O)CCSSCCNC(=O)c1nn(-c2ccccc2)c2c1CCCC2. The van der Waals surface area contributed by atoms with Crippen molar-refractivity contribution in [2.75, 3.05) is 18.1 Å². The van der Waals surface area contributed by atoms with Crippen molar-refractivity contribution in [1.82, 2.24) is 15.1 Å². The van der Waals surface area contributed by atoms with Gasteiger partial charge in [0.05, 0.1) is 12.1 Å². The molecule has 0 aliphatic heterocycles. The quantitative estimate of drug-likeness (QED) is 0.492. The third-order valence-corrected chi connectivity index (χ3v) is 6.76. The van der Waals surface area contributed by atoms with Crippen molar-refractivity contribution in [3.8, 4) is 5.69 Å². The molecule has 0 radical (unpaired) electrons. The number of carbonyl (C=O) groups is 2. The van der Waals surface area contributed by atoms with Crippen molar-refractivity contribution < 1.29 is 14.7 Å². The van der Waals surface area contributed by atoms with Crippen LogP contribution >= 0.6 is 21.6 Å². The van der Waals surface area contributed by atoms with Gasteiger partial charge in [-0.25, -0.2) is 4.68 Å². The summed E-state index contributed by atoms with van der Waals surface area (Å²) >= 11 is 0. The summed E-state index contributed by atoms with van der Waals surface area (Å²) in [6.07, 6.45) is 4.21. The predicted octanol–water partition coefficient (Wildman–Crippen LogP) is 3.34. The van der Waals surface area contributed by atoms with Crippen molar-refractivity contribution in [1.29, 1.82) is 0 Å². The highest BCUT2D eigenvalue weighted by Crippen LogP contribution is 2.27. The minimum absolute atomic E-state index is 0.126. The average molecular weight is 406 g/mol. The van der Waals surface area contributed by atoms with Gasteiger partial charge in [-0.05, 0) is 37.8 Å². The number of fused-ring (bicyclic) bond motifs is 1. The molecule has 144 valence electrons. The lowest BCUT2D eigenvalue weighted by Crippen LogP contribution is -2.27. The maximum Gasteiger partial charge on any atom is 0.304 e. The first kappa shape index (κ1) is 19.8. The minimum Gasteiger partial charge on any atom is -0.481 e. The zero-order valence-corrected chi connectivity index (χ0v) is 16.7. The van der Waals surface area contributed by atoms with E-state index in [9.17, 15) is 9.59 Å². The lowest BCUT2D eigenvalue weighted by molar-refractivity contribution is -0.136. The van der Waals surface area contributed by atoms with Crippen LogP contribution in [0.25, 0.3) is 5.69 Å². The zero-order valence-electron chi connectivity index (χ0n) is 15.0. The van der Waals surface area contributed by atoms with Gasteiger partial charge >= 0.3 is 5.97 Å². The molecular weight excluding hydrogens is 382 g/mol. The zero-order chi connectivity index (χ0) is 19.1. The number of hydrogen-bond donors (Lipinski definition) is 2. The molecule has 1 amide bonds. The maximum atomic E-state index is 12.7. The normalized spacial score (nSPS) is 13.2. The third-order valence-electron chi connectivity index (χ3n) is 4.35. The number of hydrogen-bond acceptors (Lipinski definition) is 5. The Labute approximate surface area is 166 Å². The fraction of sp³-hybridized carbons (Fsp3) is 0.421. The molecule has 2 N–H and O–H groups in total. The topological polar surface area (TPSA) is 84.2 Å². The van der Waals surface area contributed by atoms with Crippen LogP contribution in [0.15, 0.2) is 30.3 Å². The fourth-order valence-electron chi connectivity index (χ4n) is 3.10. The van der Waals surface area contributed by atoms with Crippen molar-refractivity contribution in [2.45, 2.75) is 32.1 Å². The van der Waals surface area contributed by atoms with Crippen LogP contribution in [-0.4, -0.2) is 44.8 Å². The molecule has 2 aromatic rings. The van der Waals surface area contributed by atoms with Gasteiger partial charge in [0.1, 0.15) is 0 Å². The van der Waals surface area contributed by atoms with Crippen molar-refractivity contribution in [2.24, 2.45) is 0 Å². The second kappa shape index (κ2) is 9.85. The lowest BCUT2D eigenvalue weighted by Gasteiger charge is -2.14. The fourth-order valence-corrected chi connectivity index (χ4v) is 4.99. The lowest BCUT2D eigenvalue weighted by atomic mass is 9.95. The first-order chi connectivity index (χ1) is 13.2. The predicted molar refractivity (Wildman–Crippen MR) is 110 cm³/mol. The standard InChI is InChI=1S/C19H23N3O3S2/c23-17(24)10-12-26-27-13-11-20-19(25)18-15-8-4-5-9-16(15)22(21-18)14-6-2-1-3-7-14/h1-3,6-7H,4-5,8-13H2,(H,20,25)(H,23,24). The van der Waals surface area contributed by atoms with E-state index in [-0.39, 0.29) is 12.3 Å². The van der Waals surface area contributed by atoms with E-state index in [4.69, 9.17) is 5.11 Å². The number of carbonyl (C=O) groups excluding carboxylic acids is 1. The number of amides is 1. The molecule has 0 atom stereocenters. The van der Waals surface area contributed by atoms with Crippen molar-refractivity contribution in [3.05, 3.63) is 47.3 Å². The van der Waals surface area contributed by atoms with Crippen LogP contribution in [0, 0.1) is 0 Å². The summed E-state index contributed by atoms with van der Waals surface area (Å²) in [4.78, 5) is 23.1. The van der Waals surface area contributed by atoms with Gasteiger partial charge in [-0.3, -0.25) is 9.59 Å². The Kier molecular flexibility index (Phi) is 7.23. The van der Waals surface area contributed by atoms with Gasteiger partial charge in [0, 0.05) is 29.3 Å². The Morgan fingerprint density at radius 3 is 2.63 bits per heavy atom. The van der Waals surface area contributed by atoms with Crippen LogP contribution in [0.4, 0.5) is 0 Å². The Morgan fingerprint density at radius 1 is 1.11 bits per heavy atom. The molecule has 27 heavy (non-hydrogen) atoms. The second-order valence-electron chi connectivity index (χ2n) is 6.27. The number of aromatic nitrogens is 2. The molecule has 3 rings (SSSR count). The van der Waals surface area contributed by atoms with Gasteiger partial charge in [-0.2, -0.15) is 5.10 Å². The van der Waals surface area contributed by atoms with E-state index in [2.05, 4.69) is 10.4 Å². The third kappa shape index (κ3) is 5.29. The molecule has 0 fully saturated rings. The maximum absolute atomic E-state index is 12.7. The second-order valence-corrected chi connectivity index (χ2v) is 8.97. The molecular formula is C19H23N3O3S2. The molecule has 1 aromatic heterocycles. The smallest absolute Gasteiger partial charge is 0.304 e. The van der Waals surface area contributed by atoms with Gasteiger partial charge in [0.2, 0.25) is 0 Å². The first-order valence-corrected chi connectivity index (χ1v) is 11.6. The van der Waals surface area contributed by atoms with E-state index in [1.807, 2.05) is 35.0 Å². The molecule has 0 unspecified atom stereocenters. The molecule has 0 bridgehead atoms. The average Bonchev–Trinajstić information content (AvgIpc) is 3.07. The van der Waals surface area contributed by atoms with Crippen LogP contribution in [0.1, 0.15) is 41.0 Å². The minimum atomic E-state index is -0.782. The van der Waals surface area contributed by atoms with E-state index < -0.39 is 5.97 Å². The van der Waals surface area contributed by atoms with Crippen LogP contribution in [0.5, 0.6) is 0 Å². The highest BCUT2D eigenvalue weighted by molar-refractivity contribution is 8.76. The summed E-state index contributed by atoms with van der Waals surface area (Å²) in [6.45, 7) is 0.538. The number of aliphatic carboxylic acids is 1. The largest absolute Gasteiger partial charge is 0.481 e. The Morgan fingerprint density at radius 2 is 1.85 bits per heavy atom. The molecule has 1 aliphatic carbocycles. The van der Waals surface area contributed by atoms with Crippen LogP contribution < -0.4 is 5.32 Å². The number of rotatable bonds is 9. The van der Waals surface area contributed by atoms with Crippen molar-refractivity contribution in [3.63, 3.8) is 0 Å². The Bertz CT molecular complexity index is 793. The van der Waals surface area contributed by atoms with Gasteiger partial charge in [-0.1, -0.05) is 39.8 Å². The van der Waals surface area contributed by atoms with Gasteiger partial charge < -0.3 is 10.4 Å². The number of nitrogens with zero attached hydrogens (tertiary/aromatic N) is 2. The van der Waals surface area contributed by atoms with Gasteiger partial charge in [0.15, 0.2) is 5.69 Å². The first-order valence-electron chi connectivity index (χ1n) is 9.07. The summed E-state index contributed by atoms with van der Waals surface area (Å²) in [5.74, 6) is 0.398. The molecule has 0 saturated heterocycles. The Balaban J connectivity index is 1.60. The van der Waals surface area contributed by atoms with E-state index in [1.165, 1.54) is 10.8 Å². The number of carboxylic acids is 1. The molecule has 1 heterocycles. The summed E-state index contributed by atoms with van der Waals surface area (Å²) in [6, 6.07) is 9.94. The monoisotopic (exact) mass is 405 g/mol. The number of para-hydroxylation sites is 1. The molecule has 0 spiro atoms. The van der Waals surface area contributed by atoms with Crippen molar-refractivity contribution >= 4 is 33.5 Å². The Hall–Kier alpha value is -1.93. The van der Waals surface area contributed by atoms with Gasteiger partial charge in [-0.15, -0.1) is 0 Å². The van der Waals surface area contributed by atoms with E-state index in [0.717, 1.165) is 48.4 Å². The molecule has 1 aliphatic rings. The molecule has 1 aromatic carbocycles. The molecule has 8 heteroatoms. The van der Waals surface area contributed by atoms with E-state index in [0.29, 0.717) is 18.0 Å². The highest BCUT2D eigenvalue weighted by Gasteiger charge is 2.25. The summed E-state index contributed by atoms with van der Waals surface area (Å²) < 4.78 is 1.92.